The highest BCUT2D eigenvalue weighted by atomic mass is 32.2. The number of ether oxygens (including phenoxy) is 1. The van der Waals surface area contributed by atoms with Crippen molar-refractivity contribution < 1.29 is 27.1 Å². The highest BCUT2D eigenvalue weighted by Crippen LogP contribution is 2.32. The molecular formula is C25H23FN4O5S2. The molecule has 3 aromatic rings. The van der Waals surface area contributed by atoms with E-state index in [2.05, 4.69) is 22.9 Å². The van der Waals surface area contributed by atoms with Crippen LogP contribution in [0.4, 0.5) is 19.7 Å². The Balaban J connectivity index is 1.31. The SMILES string of the molecule is O=C(S)NC[C@H]1CN(c2ccc(C3=CCN(S(=O)(=O)c4cccc5cccnc45)CC3)c(F)c2)C(=O)O1. The Morgan fingerprint density at radius 1 is 1.22 bits per heavy atom. The molecule has 1 aromatic heterocycles. The minimum absolute atomic E-state index is 0.0963. The van der Waals surface area contributed by atoms with E-state index in [9.17, 15) is 18.0 Å². The smallest absolute Gasteiger partial charge is 0.414 e. The number of aromatic nitrogens is 1. The number of hydrogen-bond acceptors (Lipinski definition) is 6. The molecule has 1 N–H and O–H groups in total. The predicted molar refractivity (Wildman–Crippen MR) is 139 cm³/mol. The van der Waals surface area contributed by atoms with Crippen LogP contribution in [0.1, 0.15) is 12.0 Å². The van der Waals surface area contributed by atoms with Crippen LogP contribution < -0.4 is 10.2 Å². The van der Waals surface area contributed by atoms with Crippen molar-refractivity contribution >= 4 is 56.1 Å². The van der Waals surface area contributed by atoms with E-state index in [1.165, 1.54) is 15.3 Å². The number of cyclic esters (lactones) is 1. The van der Waals surface area contributed by atoms with E-state index in [1.54, 1.807) is 42.6 Å². The Kier molecular flexibility index (Phi) is 6.88. The van der Waals surface area contributed by atoms with Crippen molar-refractivity contribution in [1.29, 1.82) is 0 Å². The van der Waals surface area contributed by atoms with Gasteiger partial charge in [0.05, 0.1) is 24.3 Å². The number of rotatable bonds is 6. The van der Waals surface area contributed by atoms with E-state index in [0.29, 0.717) is 28.8 Å². The standard InChI is InChI=1S/C25H23FN4O5S2/c26-21-13-18(30-15-19(35-25(30)32)14-28-24(31)36)6-7-20(21)16-8-11-29(12-9-16)37(33,34)22-5-1-3-17-4-2-10-27-23(17)22/h1-8,10,13,19H,9,11-12,14-15H2,(H2,28,31,36)/t19-/m0/s1. The minimum Gasteiger partial charge on any atom is -0.442 e. The van der Waals surface area contributed by atoms with Gasteiger partial charge in [-0.3, -0.25) is 14.7 Å². The number of amides is 2. The van der Waals surface area contributed by atoms with Crippen LogP contribution in [-0.4, -0.2) is 61.3 Å². The number of fused-ring (bicyclic) bond motifs is 1. The van der Waals surface area contributed by atoms with Crippen LogP contribution in [0, 0.1) is 5.82 Å². The van der Waals surface area contributed by atoms with Gasteiger partial charge in [0.25, 0.3) is 5.24 Å². The molecule has 0 bridgehead atoms. The molecule has 3 heterocycles. The summed E-state index contributed by atoms with van der Waals surface area (Å²) < 4.78 is 48.4. The zero-order valence-corrected chi connectivity index (χ0v) is 21.2. The Labute approximate surface area is 218 Å². The molecule has 0 radical (unpaired) electrons. The number of hydrogen-bond donors (Lipinski definition) is 2. The summed E-state index contributed by atoms with van der Waals surface area (Å²) in [5.74, 6) is -0.529. The summed E-state index contributed by atoms with van der Waals surface area (Å²) in [7, 11) is -3.80. The maximum atomic E-state index is 15.1. The number of halogens is 1. The lowest BCUT2D eigenvalue weighted by molar-refractivity contribution is 0.141. The molecule has 1 fully saturated rings. The number of anilines is 1. The number of carbonyl (C=O) groups is 2. The highest BCUT2D eigenvalue weighted by molar-refractivity contribution is 7.96. The lowest BCUT2D eigenvalue weighted by atomic mass is 9.99. The van der Waals surface area contributed by atoms with Crippen molar-refractivity contribution in [2.75, 3.05) is 31.1 Å². The predicted octanol–water partition coefficient (Wildman–Crippen LogP) is 3.82. The Bertz CT molecular complexity index is 1520. The van der Waals surface area contributed by atoms with Crippen molar-refractivity contribution in [3.8, 4) is 0 Å². The Morgan fingerprint density at radius 3 is 2.76 bits per heavy atom. The van der Waals surface area contributed by atoms with Gasteiger partial charge in [-0.15, -0.1) is 0 Å². The van der Waals surface area contributed by atoms with Gasteiger partial charge >= 0.3 is 6.09 Å². The van der Waals surface area contributed by atoms with Crippen LogP contribution in [0.25, 0.3) is 16.5 Å². The molecular weight excluding hydrogens is 519 g/mol. The van der Waals surface area contributed by atoms with E-state index in [4.69, 9.17) is 4.74 Å². The van der Waals surface area contributed by atoms with Crippen LogP contribution in [-0.2, 0) is 14.8 Å². The minimum atomic E-state index is -3.80. The first kappa shape index (κ1) is 25.2. The van der Waals surface area contributed by atoms with Gasteiger partial charge in [0, 0.05) is 30.2 Å². The molecule has 0 unspecified atom stereocenters. The Morgan fingerprint density at radius 2 is 2.03 bits per heavy atom. The summed E-state index contributed by atoms with van der Waals surface area (Å²) in [6, 6.07) is 13.0. The van der Waals surface area contributed by atoms with Crippen LogP contribution in [0.2, 0.25) is 0 Å². The van der Waals surface area contributed by atoms with Gasteiger partial charge in [0.2, 0.25) is 10.0 Å². The number of para-hydroxylation sites is 1. The lowest BCUT2D eigenvalue weighted by Gasteiger charge is -2.26. The number of nitrogens with zero attached hydrogens (tertiary/aromatic N) is 3. The fourth-order valence-electron chi connectivity index (χ4n) is 4.51. The summed E-state index contributed by atoms with van der Waals surface area (Å²) >= 11 is 3.62. The fourth-order valence-corrected chi connectivity index (χ4v) is 6.15. The monoisotopic (exact) mass is 542 g/mol. The molecule has 2 aliphatic heterocycles. The van der Waals surface area contributed by atoms with Crippen molar-refractivity contribution in [1.82, 2.24) is 14.6 Å². The van der Waals surface area contributed by atoms with Crippen molar-refractivity contribution in [2.45, 2.75) is 17.4 Å². The van der Waals surface area contributed by atoms with Crippen LogP contribution in [0.5, 0.6) is 0 Å². The van der Waals surface area contributed by atoms with E-state index in [-0.39, 0.29) is 31.1 Å². The second-order valence-electron chi connectivity index (χ2n) is 8.64. The van der Waals surface area contributed by atoms with Crippen molar-refractivity contribution in [3.63, 3.8) is 0 Å². The van der Waals surface area contributed by atoms with Gasteiger partial charge in [-0.25, -0.2) is 17.6 Å². The summed E-state index contributed by atoms with van der Waals surface area (Å²) in [5.41, 5.74) is 1.77. The molecule has 2 aliphatic rings. The van der Waals surface area contributed by atoms with Gasteiger partial charge in [-0.1, -0.05) is 36.9 Å². The first-order valence-corrected chi connectivity index (χ1v) is 13.4. The number of benzene rings is 2. The third-order valence-electron chi connectivity index (χ3n) is 6.35. The van der Waals surface area contributed by atoms with Gasteiger partial charge in [-0.2, -0.15) is 4.31 Å². The molecule has 5 rings (SSSR count). The van der Waals surface area contributed by atoms with Gasteiger partial charge in [0.1, 0.15) is 16.8 Å². The van der Waals surface area contributed by atoms with Crippen molar-refractivity contribution in [3.05, 3.63) is 72.2 Å². The lowest BCUT2D eigenvalue weighted by Crippen LogP contribution is -2.35. The van der Waals surface area contributed by atoms with Crippen molar-refractivity contribution in [2.24, 2.45) is 0 Å². The number of pyridine rings is 1. The zero-order valence-electron chi connectivity index (χ0n) is 19.5. The third-order valence-corrected chi connectivity index (χ3v) is 8.41. The molecule has 0 aliphatic carbocycles. The Hall–Kier alpha value is -3.48. The molecule has 37 heavy (non-hydrogen) atoms. The van der Waals surface area contributed by atoms with Crippen LogP contribution >= 0.6 is 12.6 Å². The molecule has 1 saturated heterocycles. The number of thiol groups is 1. The average molecular weight is 543 g/mol. The third kappa shape index (κ3) is 5.04. The largest absolute Gasteiger partial charge is 0.442 e. The summed E-state index contributed by atoms with van der Waals surface area (Å²) in [4.78, 5) is 28.9. The molecule has 9 nitrogen and oxygen atoms in total. The number of nitrogens with one attached hydrogen (secondary N) is 1. The van der Waals surface area contributed by atoms with E-state index >= 15 is 4.39 Å². The quantitative estimate of drug-likeness (QED) is 0.459. The summed E-state index contributed by atoms with van der Waals surface area (Å²) in [5, 5.41) is 2.66. The number of carbonyl (C=O) groups excluding carboxylic acids is 2. The maximum Gasteiger partial charge on any atom is 0.414 e. The van der Waals surface area contributed by atoms with Gasteiger partial charge in [0.15, 0.2) is 0 Å². The van der Waals surface area contributed by atoms with E-state index in [0.717, 1.165) is 5.39 Å². The molecule has 2 amide bonds. The number of sulfonamides is 1. The molecule has 192 valence electrons. The fraction of sp³-hybridized carbons (Fsp3) is 0.240. The maximum absolute atomic E-state index is 15.1. The normalized spacial score (nSPS) is 18.5. The zero-order chi connectivity index (χ0) is 26.2. The van der Waals surface area contributed by atoms with E-state index < -0.39 is 33.3 Å². The van der Waals surface area contributed by atoms with Crippen LogP contribution in [0.3, 0.4) is 0 Å². The molecule has 12 heteroatoms. The van der Waals surface area contributed by atoms with Gasteiger partial charge in [-0.05, 0) is 42.3 Å². The topological polar surface area (TPSA) is 109 Å². The summed E-state index contributed by atoms with van der Waals surface area (Å²) in [6.07, 6.45) is 2.39. The first-order valence-electron chi connectivity index (χ1n) is 11.5. The highest BCUT2D eigenvalue weighted by Gasteiger charge is 2.33. The average Bonchev–Trinajstić information content (AvgIpc) is 3.27. The molecule has 2 aromatic carbocycles. The van der Waals surface area contributed by atoms with Gasteiger partial charge < -0.3 is 10.1 Å². The second-order valence-corrected chi connectivity index (χ2v) is 11.0. The molecule has 0 spiro atoms. The van der Waals surface area contributed by atoms with Crippen LogP contribution in [0.15, 0.2) is 65.7 Å². The molecule has 0 saturated carbocycles. The molecule has 1 atom stereocenters. The first-order chi connectivity index (χ1) is 17.7. The second kappa shape index (κ2) is 10.1. The van der Waals surface area contributed by atoms with E-state index in [1.807, 2.05) is 12.1 Å². The summed E-state index contributed by atoms with van der Waals surface area (Å²) in [6.45, 7) is 0.547.